The molecule has 1 rings (SSSR count). The maximum atomic E-state index is 12.1. The van der Waals surface area contributed by atoms with Gasteiger partial charge in [0.1, 0.15) is 6.04 Å². The van der Waals surface area contributed by atoms with Crippen molar-refractivity contribution in [1.82, 2.24) is 10.6 Å². The topological polar surface area (TPSA) is 84.2 Å². The number of benzene rings is 1. The number of nitrogens with two attached hydrogens (primary N) is 1. The molecule has 0 radical (unpaired) electrons. The smallest absolute Gasteiger partial charge is 0.251 e. The van der Waals surface area contributed by atoms with Crippen LogP contribution in [0.5, 0.6) is 0 Å². The Bertz CT molecular complexity index is 464. The first-order valence-corrected chi connectivity index (χ1v) is 6.87. The van der Waals surface area contributed by atoms with Crippen LogP contribution in [-0.2, 0) is 4.79 Å². The lowest BCUT2D eigenvalue weighted by molar-refractivity contribution is -0.123. The van der Waals surface area contributed by atoms with E-state index in [2.05, 4.69) is 10.6 Å². The summed E-state index contributed by atoms with van der Waals surface area (Å²) in [5.41, 5.74) is 5.81. The Morgan fingerprint density at radius 1 is 1.24 bits per heavy atom. The molecule has 1 aromatic carbocycles. The minimum Gasteiger partial charge on any atom is -0.353 e. The van der Waals surface area contributed by atoms with Crippen LogP contribution in [0.3, 0.4) is 0 Å². The summed E-state index contributed by atoms with van der Waals surface area (Å²) in [5.74, 6) is -0.556. The van der Waals surface area contributed by atoms with Gasteiger partial charge in [0.25, 0.3) is 5.91 Å². The molecule has 0 aliphatic rings. The number of amides is 2. The Hall–Kier alpha value is -1.30. The monoisotopic (exact) mass is 333 g/mol. The predicted octanol–water partition coefficient (Wildman–Crippen LogP) is 1.59. The molecule has 21 heavy (non-hydrogen) atoms. The first kappa shape index (κ1) is 19.7. The Kier molecular flexibility index (Phi) is 9.01. The average Bonchev–Trinajstić information content (AvgIpc) is 2.42. The molecule has 1 atom stereocenters. The van der Waals surface area contributed by atoms with Gasteiger partial charge >= 0.3 is 0 Å². The average molecular weight is 334 g/mol. The largest absolute Gasteiger partial charge is 0.353 e. The summed E-state index contributed by atoms with van der Waals surface area (Å²) in [4.78, 5) is 24.1. The van der Waals surface area contributed by atoms with E-state index in [1.54, 1.807) is 24.3 Å². The lowest BCUT2D eigenvalue weighted by atomic mass is 10.0. The van der Waals surface area contributed by atoms with E-state index < -0.39 is 6.04 Å². The van der Waals surface area contributed by atoms with Crippen molar-refractivity contribution in [3.05, 3.63) is 34.9 Å². The minimum absolute atomic E-state index is 0. The molecule has 4 N–H and O–H groups in total. The lowest BCUT2D eigenvalue weighted by Crippen LogP contribution is -2.50. The highest BCUT2D eigenvalue weighted by Gasteiger charge is 2.24. The standard InChI is InChI=1S/C14H20ClN3O2.ClH/c1-9(2)12(14(20)17-8-7-16)18-13(19)10-3-5-11(15)6-4-10;/h3-6,9,12H,7-8,16H2,1-2H3,(H,17,20)(H,18,19);1H. The molecule has 0 aliphatic heterocycles. The van der Waals surface area contributed by atoms with Gasteiger partial charge in [-0.1, -0.05) is 25.4 Å². The van der Waals surface area contributed by atoms with E-state index in [1.165, 1.54) is 0 Å². The van der Waals surface area contributed by atoms with Gasteiger partial charge in [-0.3, -0.25) is 9.59 Å². The van der Waals surface area contributed by atoms with Crippen LogP contribution >= 0.6 is 24.0 Å². The Labute approximate surface area is 136 Å². The molecule has 0 bridgehead atoms. The van der Waals surface area contributed by atoms with Crippen LogP contribution in [0.2, 0.25) is 5.02 Å². The number of hydrogen-bond donors (Lipinski definition) is 3. The van der Waals surface area contributed by atoms with Crippen molar-refractivity contribution < 1.29 is 9.59 Å². The summed E-state index contributed by atoms with van der Waals surface area (Å²) in [5, 5.41) is 5.96. The third-order valence-electron chi connectivity index (χ3n) is 2.79. The molecule has 0 saturated heterocycles. The molecule has 7 heteroatoms. The minimum atomic E-state index is -0.593. The molecular weight excluding hydrogens is 313 g/mol. The second-order valence-electron chi connectivity index (χ2n) is 4.78. The van der Waals surface area contributed by atoms with Crippen LogP contribution in [-0.4, -0.2) is 30.9 Å². The molecule has 1 unspecified atom stereocenters. The van der Waals surface area contributed by atoms with Gasteiger partial charge in [-0.2, -0.15) is 0 Å². The first-order chi connectivity index (χ1) is 9.45. The SMILES string of the molecule is CC(C)C(NC(=O)c1ccc(Cl)cc1)C(=O)NCCN.Cl. The zero-order chi connectivity index (χ0) is 15.1. The van der Waals surface area contributed by atoms with E-state index in [0.717, 1.165) is 0 Å². The summed E-state index contributed by atoms with van der Waals surface area (Å²) < 4.78 is 0. The predicted molar refractivity (Wildman–Crippen MR) is 86.9 cm³/mol. The number of hydrogen-bond acceptors (Lipinski definition) is 3. The molecule has 1 aromatic rings. The van der Waals surface area contributed by atoms with Crippen LogP contribution < -0.4 is 16.4 Å². The van der Waals surface area contributed by atoms with Crippen molar-refractivity contribution in [2.45, 2.75) is 19.9 Å². The summed E-state index contributed by atoms with van der Waals surface area (Å²) in [7, 11) is 0. The highest BCUT2D eigenvalue weighted by molar-refractivity contribution is 6.30. The summed E-state index contributed by atoms with van der Waals surface area (Å²) in [6.45, 7) is 4.49. The fourth-order valence-corrected chi connectivity index (χ4v) is 1.79. The van der Waals surface area contributed by atoms with Gasteiger partial charge < -0.3 is 16.4 Å². The molecule has 5 nitrogen and oxygen atoms in total. The van der Waals surface area contributed by atoms with Gasteiger partial charge in [-0.15, -0.1) is 12.4 Å². The fourth-order valence-electron chi connectivity index (χ4n) is 1.67. The third kappa shape index (κ3) is 6.33. The van der Waals surface area contributed by atoms with Crippen LogP contribution in [0.15, 0.2) is 24.3 Å². The van der Waals surface area contributed by atoms with E-state index in [1.807, 2.05) is 13.8 Å². The fraction of sp³-hybridized carbons (Fsp3) is 0.429. The molecule has 0 spiro atoms. The number of carbonyl (C=O) groups excluding carboxylic acids is 2. The molecule has 0 saturated carbocycles. The van der Waals surface area contributed by atoms with Crippen LogP contribution in [0.4, 0.5) is 0 Å². The zero-order valence-corrected chi connectivity index (χ0v) is 13.6. The lowest BCUT2D eigenvalue weighted by Gasteiger charge is -2.21. The van der Waals surface area contributed by atoms with Crippen molar-refractivity contribution in [2.24, 2.45) is 11.7 Å². The number of carbonyl (C=O) groups is 2. The molecular formula is C14H21Cl2N3O2. The van der Waals surface area contributed by atoms with Crippen LogP contribution in [0, 0.1) is 5.92 Å². The van der Waals surface area contributed by atoms with Crippen molar-refractivity contribution in [2.75, 3.05) is 13.1 Å². The van der Waals surface area contributed by atoms with Crippen molar-refractivity contribution in [1.29, 1.82) is 0 Å². The number of rotatable bonds is 6. The number of halogens is 2. The maximum absolute atomic E-state index is 12.1. The highest BCUT2D eigenvalue weighted by atomic mass is 35.5. The Morgan fingerprint density at radius 2 is 1.81 bits per heavy atom. The zero-order valence-electron chi connectivity index (χ0n) is 12.1. The molecule has 0 aromatic heterocycles. The van der Waals surface area contributed by atoms with Crippen LogP contribution in [0.25, 0.3) is 0 Å². The first-order valence-electron chi connectivity index (χ1n) is 6.50. The molecule has 0 fully saturated rings. The van der Waals surface area contributed by atoms with Gasteiger partial charge in [0.05, 0.1) is 0 Å². The van der Waals surface area contributed by atoms with Crippen molar-refractivity contribution >= 4 is 35.8 Å². The van der Waals surface area contributed by atoms with Gasteiger partial charge in [-0.25, -0.2) is 0 Å². The van der Waals surface area contributed by atoms with Gasteiger partial charge in [-0.05, 0) is 30.2 Å². The molecule has 0 heterocycles. The van der Waals surface area contributed by atoms with Gasteiger partial charge in [0.2, 0.25) is 5.91 Å². The van der Waals surface area contributed by atoms with E-state index >= 15 is 0 Å². The highest BCUT2D eigenvalue weighted by Crippen LogP contribution is 2.10. The van der Waals surface area contributed by atoms with E-state index in [9.17, 15) is 9.59 Å². The molecule has 0 aliphatic carbocycles. The van der Waals surface area contributed by atoms with E-state index in [-0.39, 0.29) is 30.1 Å². The normalized spacial score (nSPS) is 11.5. The van der Waals surface area contributed by atoms with E-state index in [0.29, 0.717) is 23.7 Å². The second kappa shape index (κ2) is 9.60. The van der Waals surface area contributed by atoms with Gasteiger partial charge in [0.15, 0.2) is 0 Å². The summed E-state index contributed by atoms with van der Waals surface area (Å²) in [6, 6.07) is 5.91. The molecule has 2 amide bonds. The Balaban J connectivity index is 0.00000400. The van der Waals surface area contributed by atoms with Crippen molar-refractivity contribution in [3.63, 3.8) is 0 Å². The summed E-state index contributed by atoms with van der Waals surface area (Å²) >= 11 is 5.77. The quantitative estimate of drug-likeness (QED) is 0.739. The van der Waals surface area contributed by atoms with E-state index in [4.69, 9.17) is 17.3 Å². The van der Waals surface area contributed by atoms with Crippen molar-refractivity contribution in [3.8, 4) is 0 Å². The number of nitrogens with one attached hydrogen (secondary N) is 2. The second-order valence-corrected chi connectivity index (χ2v) is 5.22. The Morgan fingerprint density at radius 3 is 2.29 bits per heavy atom. The summed E-state index contributed by atoms with van der Waals surface area (Å²) in [6.07, 6.45) is 0. The third-order valence-corrected chi connectivity index (χ3v) is 3.04. The van der Waals surface area contributed by atoms with Gasteiger partial charge in [0, 0.05) is 23.7 Å². The van der Waals surface area contributed by atoms with Crippen LogP contribution in [0.1, 0.15) is 24.2 Å². The maximum Gasteiger partial charge on any atom is 0.251 e. The molecule has 118 valence electrons.